The van der Waals surface area contributed by atoms with E-state index in [1.165, 1.54) is 16.4 Å². The van der Waals surface area contributed by atoms with Crippen LogP contribution < -0.4 is 10.3 Å². The summed E-state index contributed by atoms with van der Waals surface area (Å²) in [6.45, 7) is 4.77. The zero-order valence-corrected chi connectivity index (χ0v) is 14.4. The van der Waals surface area contributed by atoms with Crippen molar-refractivity contribution in [3.63, 3.8) is 0 Å². The first-order valence-electron chi connectivity index (χ1n) is 7.77. The van der Waals surface area contributed by atoms with Crippen molar-refractivity contribution in [3.8, 4) is 5.75 Å². The number of aromatic hydroxyl groups is 1. The number of para-hydroxylation sites is 1. The Bertz CT molecular complexity index is 596. The maximum atomic E-state index is 12.3. The first kappa shape index (κ1) is 19.4. The maximum Gasteiger partial charge on any atom is 0.296 e. The number of hydrogen-bond acceptors (Lipinski definition) is 4. The molecule has 0 atom stereocenters. The van der Waals surface area contributed by atoms with E-state index in [0.29, 0.717) is 13.1 Å². The lowest BCUT2D eigenvalue weighted by Crippen LogP contribution is -2.49. The van der Waals surface area contributed by atoms with Crippen LogP contribution in [0.5, 0.6) is 5.75 Å². The number of phenols is 1. The average molecular weight is 343 g/mol. The van der Waals surface area contributed by atoms with Crippen molar-refractivity contribution >= 4 is 16.1 Å². The van der Waals surface area contributed by atoms with Crippen molar-refractivity contribution in [2.75, 3.05) is 13.1 Å². The average Bonchev–Trinajstić information content (AvgIpc) is 2.53. The van der Waals surface area contributed by atoms with Gasteiger partial charge in [-0.05, 0) is 25.0 Å². The topological polar surface area (TPSA) is 98.7 Å². The highest BCUT2D eigenvalue weighted by molar-refractivity contribution is 7.87. The third-order valence-corrected chi connectivity index (χ3v) is 4.71. The molecule has 1 rings (SSSR count). The van der Waals surface area contributed by atoms with Gasteiger partial charge in [0.25, 0.3) is 16.1 Å². The van der Waals surface area contributed by atoms with Gasteiger partial charge in [0.1, 0.15) is 5.75 Å². The molecule has 1 aromatic rings. The summed E-state index contributed by atoms with van der Waals surface area (Å²) in [5.41, 5.74) is 2.14. The summed E-state index contributed by atoms with van der Waals surface area (Å²) in [7, 11) is -3.81. The third kappa shape index (κ3) is 6.17. The number of phenolic OH excluding ortho intramolecular Hbond substituents is 1. The summed E-state index contributed by atoms with van der Waals surface area (Å²) >= 11 is 0. The summed E-state index contributed by atoms with van der Waals surface area (Å²) in [5.74, 6) is -0.921. The van der Waals surface area contributed by atoms with E-state index in [0.717, 1.165) is 25.7 Å². The second-order valence-electron chi connectivity index (χ2n) is 5.18. The Morgan fingerprint density at radius 2 is 1.70 bits per heavy atom. The van der Waals surface area contributed by atoms with Crippen molar-refractivity contribution in [2.24, 2.45) is 0 Å². The number of unbranched alkanes of at least 4 members (excludes halogenated alkanes) is 2. The Morgan fingerprint density at radius 3 is 2.22 bits per heavy atom. The third-order valence-electron chi connectivity index (χ3n) is 3.30. The van der Waals surface area contributed by atoms with Crippen LogP contribution >= 0.6 is 0 Å². The number of carbonyl (C=O) groups is 1. The molecule has 0 saturated carbocycles. The zero-order valence-electron chi connectivity index (χ0n) is 13.6. The van der Waals surface area contributed by atoms with Crippen LogP contribution in [-0.4, -0.2) is 36.8 Å². The van der Waals surface area contributed by atoms with Crippen LogP contribution in [0.3, 0.4) is 0 Å². The zero-order chi connectivity index (χ0) is 17.3. The molecule has 7 nitrogen and oxygen atoms in total. The molecule has 0 aliphatic heterocycles. The van der Waals surface area contributed by atoms with E-state index in [-0.39, 0.29) is 11.3 Å². The van der Waals surface area contributed by atoms with Crippen molar-refractivity contribution in [2.45, 2.75) is 39.5 Å². The number of nitrogens with one attached hydrogen (secondary N) is 2. The molecule has 1 amide bonds. The fourth-order valence-electron chi connectivity index (χ4n) is 1.93. The Kier molecular flexibility index (Phi) is 8.01. The van der Waals surface area contributed by atoms with E-state index in [9.17, 15) is 18.3 Å². The van der Waals surface area contributed by atoms with Gasteiger partial charge in [0, 0.05) is 13.1 Å². The molecular formula is C15H25N3O4S. The minimum Gasteiger partial charge on any atom is -0.507 e. The smallest absolute Gasteiger partial charge is 0.296 e. The SMILES string of the molecule is CCCCN(CCCC)S(=O)(=O)NNC(=O)c1ccccc1O. The molecule has 0 unspecified atom stereocenters. The van der Waals surface area contributed by atoms with E-state index in [1.807, 2.05) is 13.8 Å². The van der Waals surface area contributed by atoms with Gasteiger partial charge in [0.05, 0.1) is 5.56 Å². The lowest BCUT2D eigenvalue weighted by atomic mass is 10.2. The summed E-state index contributed by atoms with van der Waals surface area (Å²) < 4.78 is 25.9. The van der Waals surface area contributed by atoms with Crippen LogP contribution in [0.1, 0.15) is 49.9 Å². The van der Waals surface area contributed by atoms with Gasteiger partial charge in [0.2, 0.25) is 0 Å². The van der Waals surface area contributed by atoms with E-state index >= 15 is 0 Å². The quantitative estimate of drug-likeness (QED) is 0.564. The number of amides is 1. The molecule has 8 heteroatoms. The van der Waals surface area contributed by atoms with Gasteiger partial charge in [-0.3, -0.25) is 10.2 Å². The Balaban J connectivity index is 2.71. The van der Waals surface area contributed by atoms with Crippen molar-refractivity contribution in [1.82, 2.24) is 14.6 Å². The van der Waals surface area contributed by atoms with E-state index in [1.54, 1.807) is 12.1 Å². The molecule has 3 N–H and O–H groups in total. The standard InChI is InChI=1S/C15H25N3O4S/c1-3-5-11-18(12-6-4-2)23(21,22)17-16-15(20)13-9-7-8-10-14(13)19/h7-10,17,19H,3-6,11-12H2,1-2H3,(H,16,20). The number of nitrogens with zero attached hydrogens (tertiary/aromatic N) is 1. The van der Waals surface area contributed by atoms with Gasteiger partial charge in [-0.15, -0.1) is 4.83 Å². The van der Waals surface area contributed by atoms with Gasteiger partial charge in [-0.1, -0.05) is 38.8 Å². The summed E-state index contributed by atoms with van der Waals surface area (Å²) in [6.07, 6.45) is 3.25. The molecule has 0 bridgehead atoms. The summed E-state index contributed by atoms with van der Waals surface area (Å²) in [5, 5.41) is 9.60. The number of carbonyl (C=O) groups excluding carboxylic acids is 1. The highest BCUT2D eigenvalue weighted by Gasteiger charge is 2.22. The van der Waals surface area contributed by atoms with Gasteiger partial charge in [0.15, 0.2) is 0 Å². The molecule has 0 spiro atoms. The van der Waals surface area contributed by atoms with E-state index < -0.39 is 16.1 Å². The molecule has 0 heterocycles. The van der Waals surface area contributed by atoms with Crippen LogP contribution in [0.25, 0.3) is 0 Å². The highest BCUT2D eigenvalue weighted by Crippen LogP contribution is 2.14. The van der Waals surface area contributed by atoms with Gasteiger partial charge >= 0.3 is 0 Å². The van der Waals surface area contributed by atoms with Crippen molar-refractivity contribution in [1.29, 1.82) is 0 Å². The number of hydrazine groups is 1. The number of hydrogen-bond donors (Lipinski definition) is 3. The largest absolute Gasteiger partial charge is 0.507 e. The maximum absolute atomic E-state index is 12.3. The summed E-state index contributed by atoms with van der Waals surface area (Å²) in [6, 6.07) is 5.93. The Labute approximate surface area is 137 Å². The molecule has 0 aliphatic carbocycles. The summed E-state index contributed by atoms with van der Waals surface area (Å²) in [4.78, 5) is 14.0. The van der Waals surface area contributed by atoms with E-state index in [2.05, 4.69) is 10.3 Å². The minimum absolute atomic E-state index is 0.00358. The van der Waals surface area contributed by atoms with Crippen LogP contribution in [0, 0.1) is 0 Å². The predicted octanol–water partition coefficient (Wildman–Crippen LogP) is 1.77. The Morgan fingerprint density at radius 1 is 1.13 bits per heavy atom. The van der Waals surface area contributed by atoms with Gasteiger partial charge in [-0.25, -0.2) is 0 Å². The fraction of sp³-hybridized carbons (Fsp3) is 0.533. The van der Waals surface area contributed by atoms with Gasteiger partial charge in [-0.2, -0.15) is 12.7 Å². The van der Waals surface area contributed by atoms with Crippen molar-refractivity contribution in [3.05, 3.63) is 29.8 Å². The second-order valence-corrected chi connectivity index (χ2v) is 6.86. The first-order chi connectivity index (χ1) is 10.9. The molecular weight excluding hydrogens is 318 g/mol. The lowest BCUT2D eigenvalue weighted by Gasteiger charge is -2.22. The molecule has 0 aliphatic rings. The molecule has 130 valence electrons. The fourth-order valence-corrected chi connectivity index (χ4v) is 3.02. The number of rotatable bonds is 10. The number of benzene rings is 1. The molecule has 23 heavy (non-hydrogen) atoms. The first-order valence-corrected chi connectivity index (χ1v) is 9.21. The second kappa shape index (κ2) is 9.49. The lowest BCUT2D eigenvalue weighted by molar-refractivity contribution is 0.0941. The van der Waals surface area contributed by atoms with E-state index in [4.69, 9.17) is 0 Å². The highest BCUT2D eigenvalue weighted by atomic mass is 32.2. The minimum atomic E-state index is -3.81. The molecule has 0 radical (unpaired) electrons. The Hall–Kier alpha value is -1.64. The molecule has 1 aromatic carbocycles. The molecule has 0 saturated heterocycles. The van der Waals surface area contributed by atoms with Crippen LogP contribution in [-0.2, 0) is 10.2 Å². The predicted molar refractivity (Wildman–Crippen MR) is 89.0 cm³/mol. The van der Waals surface area contributed by atoms with Crippen LogP contribution in [0.2, 0.25) is 0 Å². The van der Waals surface area contributed by atoms with Crippen LogP contribution in [0.15, 0.2) is 24.3 Å². The van der Waals surface area contributed by atoms with Crippen molar-refractivity contribution < 1.29 is 18.3 Å². The van der Waals surface area contributed by atoms with Crippen LogP contribution in [0.4, 0.5) is 0 Å². The monoisotopic (exact) mass is 343 g/mol. The molecule has 0 fully saturated rings. The normalized spacial score (nSPS) is 11.6. The molecule has 0 aromatic heterocycles. The van der Waals surface area contributed by atoms with Gasteiger partial charge < -0.3 is 5.11 Å².